The van der Waals surface area contributed by atoms with Gasteiger partial charge in [0, 0.05) is 17.1 Å². The molecule has 2 atom stereocenters. The van der Waals surface area contributed by atoms with Crippen molar-refractivity contribution in [1.29, 1.82) is 0 Å². The van der Waals surface area contributed by atoms with Gasteiger partial charge in [0.1, 0.15) is 0 Å². The van der Waals surface area contributed by atoms with Crippen molar-refractivity contribution in [2.45, 2.75) is 51.2 Å². The molecule has 0 spiro atoms. The third-order valence-electron chi connectivity index (χ3n) is 3.83. The van der Waals surface area contributed by atoms with Gasteiger partial charge in [-0.05, 0) is 56.2 Å². The molecule has 3 nitrogen and oxygen atoms in total. The fourth-order valence-corrected chi connectivity index (χ4v) is 2.90. The van der Waals surface area contributed by atoms with Crippen LogP contribution in [0.1, 0.15) is 49.3 Å². The van der Waals surface area contributed by atoms with Crippen LogP contribution in [0.25, 0.3) is 0 Å². The van der Waals surface area contributed by atoms with E-state index in [1.807, 2.05) is 0 Å². The fourth-order valence-electron chi connectivity index (χ4n) is 2.65. The first-order valence-electron chi connectivity index (χ1n) is 7.04. The molecular formula is C15H23BrN2O. The Morgan fingerprint density at radius 2 is 2.37 bits per heavy atom. The van der Waals surface area contributed by atoms with Gasteiger partial charge in [-0.1, -0.05) is 28.1 Å². The maximum atomic E-state index is 5.69. The van der Waals surface area contributed by atoms with Crippen LogP contribution in [0, 0.1) is 6.92 Å². The van der Waals surface area contributed by atoms with Crippen LogP contribution in [-0.4, -0.2) is 12.7 Å². The summed E-state index contributed by atoms with van der Waals surface area (Å²) in [5, 5.41) is 0. The van der Waals surface area contributed by atoms with Gasteiger partial charge in [0.2, 0.25) is 0 Å². The zero-order valence-electron chi connectivity index (χ0n) is 11.5. The van der Waals surface area contributed by atoms with Gasteiger partial charge in [-0.15, -0.1) is 0 Å². The zero-order chi connectivity index (χ0) is 13.7. The van der Waals surface area contributed by atoms with Crippen LogP contribution in [0.3, 0.4) is 0 Å². The van der Waals surface area contributed by atoms with Crippen LogP contribution in [0.5, 0.6) is 0 Å². The third-order valence-corrected chi connectivity index (χ3v) is 4.72. The molecule has 1 aliphatic rings. The Kier molecular flexibility index (Phi) is 5.82. The SMILES string of the molecule is Cc1cc(C(CCCC2CCCO2)NN)ccc1Br. The smallest absolute Gasteiger partial charge is 0.0576 e. The Bertz CT molecular complexity index is 405. The Balaban J connectivity index is 1.86. The van der Waals surface area contributed by atoms with Gasteiger partial charge in [0.15, 0.2) is 0 Å². The first-order chi connectivity index (χ1) is 9.20. The monoisotopic (exact) mass is 326 g/mol. The van der Waals surface area contributed by atoms with Crippen LogP contribution in [0.2, 0.25) is 0 Å². The molecule has 1 heterocycles. The summed E-state index contributed by atoms with van der Waals surface area (Å²) in [4.78, 5) is 0. The standard InChI is InChI=1S/C15H23BrN2O/c1-11-10-12(7-8-14(11)16)15(18-17)6-2-4-13-5-3-9-19-13/h7-8,10,13,15,18H,2-6,9,17H2,1H3. The highest BCUT2D eigenvalue weighted by molar-refractivity contribution is 9.10. The second-order valence-corrected chi connectivity index (χ2v) is 6.15. The van der Waals surface area contributed by atoms with Gasteiger partial charge in [-0.3, -0.25) is 11.3 Å². The van der Waals surface area contributed by atoms with Gasteiger partial charge < -0.3 is 4.74 Å². The van der Waals surface area contributed by atoms with Crippen molar-refractivity contribution in [2.24, 2.45) is 5.84 Å². The number of benzene rings is 1. The van der Waals surface area contributed by atoms with E-state index in [0.717, 1.165) is 30.3 Å². The van der Waals surface area contributed by atoms with Crippen molar-refractivity contribution < 1.29 is 4.74 Å². The van der Waals surface area contributed by atoms with Crippen LogP contribution in [-0.2, 0) is 4.74 Å². The van der Waals surface area contributed by atoms with E-state index in [0.29, 0.717) is 6.10 Å². The molecule has 0 aromatic heterocycles. The minimum absolute atomic E-state index is 0.230. The number of hydrazine groups is 1. The molecule has 1 aromatic carbocycles. The molecule has 0 saturated carbocycles. The van der Waals surface area contributed by atoms with Crippen molar-refractivity contribution in [3.63, 3.8) is 0 Å². The molecule has 19 heavy (non-hydrogen) atoms. The number of aryl methyl sites for hydroxylation is 1. The first-order valence-corrected chi connectivity index (χ1v) is 7.84. The lowest BCUT2D eigenvalue weighted by Crippen LogP contribution is -2.28. The predicted octanol–water partition coefficient (Wildman–Crippen LogP) is 3.61. The first kappa shape index (κ1) is 15.0. The Hall–Kier alpha value is -0.420. The highest BCUT2D eigenvalue weighted by Crippen LogP contribution is 2.25. The average Bonchev–Trinajstić information content (AvgIpc) is 2.91. The summed E-state index contributed by atoms with van der Waals surface area (Å²) >= 11 is 3.53. The maximum absolute atomic E-state index is 5.69. The van der Waals surface area contributed by atoms with Crippen LogP contribution >= 0.6 is 15.9 Å². The number of halogens is 1. The van der Waals surface area contributed by atoms with Gasteiger partial charge in [0.05, 0.1) is 6.10 Å². The van der Waals surface area contributed by atoms with Crippen molar-refractivity contribution >= 4 is 15.9 Å². The van der Waals surface area contributed by atoms with E-state index in [2.05, 4.69) is 46.5 Å². The largest absolute Gasteiger partial charge is 0.378 e. The second kappa shape index (κ2) is 7.39. The molecule has 4 heteroatoms. The molecule has 1 aromatic rings. The van der Waals surface area contributed by atoms with E-state index in [1.54, 1.807) is 0 Å². The number of nitrogens with one attached hydrogen (secondary N) is 1. The summed E-state index contributed by atoms with van der Waals surface area (Å²) in [5.41, 5.74) is 5.44. The molecule has 0 aliphatic carbocycles. The number of ether oxygens (including phenoxy) is 1. The lowest BCUT2D eigenvalue weighted by molar-refractivity contribution is 0.101. The molecule has 0 amide bonds. The van der Waals surface area contributed by atoms with Gasteiger partial charge in [-0.2, -0.15) is 0 Å². The average molecular weight is 327 g/mol. The Morgan fingerprint density at radius 3 is 3.00 bits per heavy atom. The topological polar surface area (TPSA) is 47.3 Å². The molecule has 1 fully saturated rings. The van der Waals surface area contributed by atoms with E-state index >= 15 is 0 Å². The molecule has 1 saturated heterocycles. The highest BCUT2D eigenvalue weighted by atomic mass is 79.9. The summed E-state index contributed by atoms with van der Waals surface area (Å²) in [6.45, 7) is 3.04. The Labute approximate surface area is 124 Å². The van der Waals surface area contributed by atoms with Gasteiger partial charge in [-0.25, -0.2) is 0 Å². The predicted molar refractivity (Wildman–Crippen MR) is 81.8 cm³/mol. The second-order valence-electron chi connectivity index (χ2n) is 5.29. The van der Waals surface area contributed by atoms with E-state index in [-0.39, 0.29) is 6.04 Å². The van der Waals surface area contributed by atoms with Crippen LogP contribution < -0.4 is 11.3 Å². The van der Waals surface area contributed by atoms with Gasteiger partial charge >= 0.3 is 0 Å². The number of rotatable bonds is 6. The quantitative estimate of drug-likeness (QED) is 0.620. The lowest BCUT2D eigenvalue weighted by Gasteiger charge is -2.18. The van der Waals surface area contributed by atoms with E-state index in [9.17, 15) is 0 Å². The Morgan fingerprint density at radius 1 is 1.53 bits per heavy atom. The van der Waals surface area contributed by atoms with Crippen LogP contribution in [0.4, 0.5) is 0 Å². The van der Waals surface area contributed by atoms with Crippen LogP contribution in [0.15, 0.2) is 22.7 Å². The maximum Gasteiger partial charge on any atom is 0.0576 e. The molecule has 2 unspecified atom stereocenters. The van der Waals surface area contributed by atoms with E-state index < -0.39 is 0 Å². The zero-order valence-corrected chi connectivity index (χ0v) is 13.1. The van der Waals surface area contributed by atoms with Crippen molar-refractivity contribution in [1.82, 2.24) is 5.43 Å². The molecule has 1 aliphatic heterocycles. The van der Waals surface area contributed by atoms with Gasteiger partial charge in [0.25, 0.3) is 0 Å². The fraction of sp³-hybridized carbons (Fsp3) is 0.600. The van der Waals surface area contributed by atoms with Crippen molar-refractivity contribution in [2.75, 3.05) is 6.61 Å². The van der Waals surface area contributed by atoms with E-state index in [4.69, 9.17) is 10.6 Å². The molecular weight excluding hydrogens is 304 g/mol. The minimum atomic E-state index is 0.230. The van der Waals surface area contributed by atoms with Crippen molar-refractivity contribution in [3.8, 4) is 0 Å². The lowest BCUT2D eigenvalue weighted by atomic mass is 9.98. The molecule has 3 N–H and O–H groups in total. The normalized spacial score (nSPS) is 20.7. The summed E-state index contributed by atoms with van der Waals surface area (Å²) in [6.07, 6.45) is 6.26. The summed E-state index contributed by atoms with van der Waals surface area (Å²) in [6, 6.07) is 6.65. The summed E-state index contributed by atoms with van der Waals surface area (Å²) in [5.74, 6) is 5.69. The van der Waals surface area contributed by atoms with Crippen molar-refractivity contribution in [3.05, 3.63) is 33.8 Å². The molecule has 0 bridgehead atoms. The number of hydrogen-bond acceptors (Lipinski definition) is 3. The summed E-state index contributed by atoms with van der Waals surface area (Å²) < 4.78 is 6.80. The minimum Gasteiger partial charge on any atom is -0.378 e. The number of nitrogens with two attached hydrogens (primary N) is 1. The summed E-state index contributed by atoms with van der Waals surface area (Å²) in [7, 11) is 0. The third kappa shape index (κ3) is 4.28. The number of hydrogen-bond donors (Lipinski definition) is 2. The molecule has 2 rings (SSSR count). The van der Waals surface area contributed by atoms with E-state index in [1.165, 1.54) is 24.0 Å². The molecule has 106 valence electrons. The molecule has 0 radical (unpaired) electrons. The highest BCUT2D eigenvalue weighted by Gasteiger charge is 2.16.